The first kappa shape index (κ1) is 11.8. The number of nitrogens with zero attached hydrogens (tertiary/aromatic N) is 2. The molecule has 1 heterocycles. The van der Waals surface area contributed by atoms with Crippen LogP contribution < -0.4 is 4.74 Å². The Kier molecular flexibility index (Phi) is 3.90. The maximum absolute atomic E-state index is 9.17. The van der Waals surface area contributed by atoms with Gasteiger partial charge in [-0.3, -0.25) is 0 Å². The second kappa shape index (κ2) is 5.61. The molecule has 5 heteroatoms. The zero-order valence-electron chi connectivity index (χ0n) is 9.01. The van der Waals surface area contributed by atoms with E-state index in [1.54, 1.807) is 36.7 Å². The van der Waals surface area contributed by atoms with Crippen molar-refractivity contribution in [1.82, 2.24) is 9.97 Å². The fraction of sp³-hybridized carbons (Fsp3) is 0.167. The molecule has 0 fully saturated rings. The summed E-state index contributed by atoms with van der Waals surface area (Å²) in [6.07, 6.45) is 3.29. The number of aromatic nitrogens is 2. The molecule has 0 saturated carbocycles. The van der Waals surface area contributed by atoms with E-state index in [-0.39, 0.29) is 13.2 Å². The SMILES string of the molecule is OCc1cccc(Cl)c1OCc1ncccn1. The van der Waals surface area contributed by atoms with Crippen LogP contribution in [0, 0.1) is 0 Å². The number of hydrogen-bond donors (Lipinski definition) is 1. The molecule has 0 atom stereocenters. The Morgan fingerprint density at radius 2 is 1.94 bits per heavy atom. The average Bonchev–Trinajstić information content (AvgIpc) is 2.38. The zero-order valence-corrected chi connectivity index (χ0v) is 9.76. The van der Waals surface area contributed by atoms with Crippen LogP contribution in [0.1, 0.15) is 11.4 Å². The van der Waals surface area contributed by atoms with Crippen molar-refractivity contribution in [3.05, 3.63) is 53.1 Å². The van der Waals surface area contributed by atoms with E-state index in [1.807, 2.05) is 0 Å². The molecule has 0 spiro atoms. The van der Waals surface area contributed by atoms with Gasteiger partial charge in [-0.15, -0.1) is 0 Å². The standard InChI is InChI=1S/C12H11ClN2O2/c13-10-4-1-3-9(7-16)12(10)17-8-11-14-5-2-6-15-11/h1-6,16H,7-8H2. The Balaban J connectivity index is 2.14. The van der Waals surface area contributed by atoms with Crippen molar-refractivity contribution < 1.29 is 9.84 Å². The molecule has 0 aliphatic rings. The smallest absolute Gasteiger partial charge is 0.166 e. The molecular formula is C12H11ClN2O2. The summed E-state index contributed by atoms with van der Waals surface area (Å²) in [7, 11) is 0. The van der Waals surface area contributed by atoms with Gasteiger partial charge in [-0.1, -0.05) is 23.7 Å². The fourth-order valence-corrected chi connectivity index (χ4v) is 1.63. The quantitative estimate of drug-likeness (QED) is 0.904. The summed E-state index contributed by atoms with van der Waals surface area (Å²) in [5.74, 6) is 1.04. The lowest BCUT2D eigenvalue weighted by molar-refractivity contribution is 0.256. The third-order valence-electron chi connectivity index (χ3n) is 2.18. The third-order valence-corrected chi connectivity index (χ3v) is 2.48. The van der Waals surface area contributed by atoms with E-state index in [0.29, 0.717) is 22.2 Å². The molecule has 1 aromatic carbocycles. The second-order valence-electron chi connectivity index (χ2n) is 3.34. The normalized spacial score (nSPS) is 10.2. The van der Waals surface area contributed by atoms with Crippen LogP contribution in [0.25, 0.3) is 0 Å². The molecule has 17 heavy (non-hydrogen) atoms. The Labute approximate surface area is 104 Å². The Bertz CT molecular complexity index is 491. The maximum atomic E-state index is 9.17. The molecule has 1 aromatic heterocycles. The van der Waals surface area contributed by atoms with Crippen molar-refractivity contribution in [3.63, 3.8) is 0 Å². The number of hydrogen-bond acceptors (Lipinski definition) is 4. The first-order chi connectivity index (χ1) is 8.31. The monoisotopic (exact) mass is 250 g/mol. The molecule has 0 amide bonds. The molecule has 88 valence electrons. The molecule has 2 rings (SSSR count). The average molecular weight is 251 g/mol. The number of ether oxygens (including phenoxy) is 1. The van der Waals surface area contributed by atoms with Gasteiger partial charge in [-0.25, -0.2) is 9.97 Å². The maximum Gasteiger partial charge on any atom is 0.166 e. The van der Waals surface area contributed by atoms with Crippen molar-refractivity contribution in [2.45, 2.75) is 13.2 Å². The Morgan fingerprint density at radius 3 is 2.65 bits per heavy atom. The van der Waals surface area contributed by atoms with E-state index in [2.05, 4.69) is 9.97 Å². The number of para-hydroxylation sites is 1. The highest BCUT2D eigenvalue weighted by molar-refractivity contribution is 6.32. The predicted molar refractivity (Wildman–Crippen MR) is 63.7 cm³/mol. The van der Waals surface area contributed by atoms with Crippen LogP contribution in [-0.4, -0.2) is 15.1 Å². The molecule has 1 N–H and O–H groups in total. The number of aliphatic hydroxyl groups is 1. The van der Waals surface area contributed by atoms with Gasteiger partial charge in [0.2, 0.25) is 0 Å². The zero-order chi connectivity index (χ0) is 12.1. The fourth-order valence-electron chi connectivity index (χ4n) is 1.38. The van der Waals surface area contributed by atoms with Gasteiger partial charge in [0.25, 0.3) is 0 Å². The van der Waals surface area contributed by atoms with E-state index in [1.165, 1.54) is 0 Å². The van der Waals surface area contributed by atoms with Gasteiger partial charge < -0.3 is 9.84 Å². The molecule has 0 unspecified atom stereocenters. The molecule has 0 saturated heterocycles. The van der Waals surface area contributed by atoms with Crippen molar-refractivity contribution >= 4 is 11.6 Å². The highest BCUT2D eigenvalue weighted by Crippen LogP contribution is 2.29. The highest BCUT2D eigenvalue weighted by atomic mass is 35.5. The van der Waals surface area contributed by atoms with Crippen LogP contribution in [0.3, 0.4) is 0 Å². The summed E-state index contributed by atoms with van der Waals surface area (Å²) in [5, 5.41) is 9.64. The summed E-state index contributed by atoms with van der Waals surface area (Å²) in [5.41, 5.74) is 0.647. The van der Waals surface area contributed by atoms with Crippen LogP contribution in [-0.2, 0) is 13.2 Å². The molecule has 0 aliphatic carbocycles. The van der Waals surface area contributed by atoms with Crippen molar-refractivity contribution in [1.29, 1.82) is 0 Å². The van der Waals surface area contributed by atoms with Gasteiger partial charge in [0.1, 0.15) is 12.4 Å². The van der Waals surface area contributed by atoms with Crippen LogP contribution in [0.5, 0.6) is 5.75 Å². The van der Waals surface area contributed by atoms with Crippen molar-refractivity contribution in [2.75, 3.05) is 0 Å². The lowest BCUT2D eigenvalue weighted by Crippen LogP contribution is -2.02. The molecule has 0 bridgehead atoms. The first-order valence-electron chi connectivity index (χ1n) is 5.08. The van der Waals surface area contributed by atoms with Gasteiger partial charge >= 0.3 is 0 Å². The van der Waals surface area contributed by atoms with E-state index in [0.717, 1.165) is 0 Å². The van der Waals surface area contributed by atoms with Crippen LogP contribution in [0.4, 0.5) is 0 Å². The van der Waals surface area contributed by atoms with E-state index in [4.69, 9.17) is 16.3 Å². The second-order valence-corrected chi connectivity index (χ2v) is 3.75. The van der Waals surface area contributed by atoms with Crippen LogP contribution >= 0.6 is 11.6 Å². The first-order valence-corrected chi connectivity index (χ1v) is 5.46. The molecule has 0 radical (unpaired) electrons. The van der Waals surface area contributed by atoms with Crippen molar-refractivity contribution in [2.24, 2.45) is 0 Å². The summed E-state index contributed by atoms with van der Waals surface area (Å²) >= 11 is 6.00. The molecule has 0 aliphatic heterocycles. The van der Waals surface area contributed by atoms with Crippen molar-refractivity contribution in [3.8, 4) is 5.75 Å². The molecular weight excluding hydrogens is 240 g/mol. The van der Waals surface area contributed by atoms with Gasteiger partial charge in [0.05, 0.1) is 11.6 Å². The van der Waals surface area contributed by atoms with Gasteiger partial charge in [0.15, 0.2) is 5.82 Å². The minimum Gasteiger partial charge on any atom is -0.484 e. The number of benzene rings is 1. The number of halogens is 1. The number of rotatable bonds is 4. The summed E-state index contributed by atoms with van der Waals surface area (Å²) < 4.78 is 5.53. The van der Waals surface area contributed by atoms with E-state index < -0.39 is 0 Å². The third kappa shape index (κ3) is 2.93. The predicted octanol–water partition coefficient (Wildman–Crippen LogP) is 2.20. The summed E-state index contributed by atoms with van der Waals surface area (Å²) in [6.45, 7) is 0.100. The largest absolute Gasteiger partial charge is 0.484 e. The number of aliphatic hydroxyl groups excluding tert-OH is 1. The van der Waals surface area contributed by atoms with E-state index in [9.17, 15) is 5.11 Å². The Morgan fingerprint density at radius 1 is 1.18 bits per heavy atom. The van der Waals surface area contributed by atoms with Gasteiger partial charge in [-0.2, -0.15) is 0 Å². The molecule has 2 aromatic rings. The topological polar surface area (TPSA) is 55.2 Å². The summed E-state index contributed by atoms with van der Waals surface area (Å²) in [4.78, 5) is 8.07. The van der Waals surface area contributed by atoms with Gasteiger partial charge in [-0.05, 0) is 12.1 Å². The van der Waals surface area contributed by atoms with Crippen LogP contribution in [0.15, 0.2) is 36.7 Å². The van der Waals surface area contributed by atoms with Crippen LogP contribution in [0.2, 0.25) is 5.02 Å². The van der Waals surface area contributed by atoms with Gasteiger partial charge in [0, 0.05) is 18.0 Å². The Hall–Kier alpha value is -1.65. The lowest BCUT2D eigenvalue weighted by atomic mass is 10.2. The summed E-state index contributed by atoms with van der Waals surface area (Å²) in [6, 6.07) is 6.97. The lowest BCUT2D eigenvalue weighted by Gasteiger charge is -2.10. The highest BCUT2D eigenvalue weighted by Gasteiger charge is 2.08. The minimum absolute atomic E-state index is 0.120. The van der Waals surface area contributed by atoms with E-state index >= 15 is 0 Å². The minimum atomic E-state index is -0.120. The molecule has 4 nitrogen and oxygen atoms in total.